The molecule has 0 spiro atoms. The third kappa shape index (κ3) is 3.99. The summed E-state index contributed by atoms with van der Waals surface area (Å²) in [4.78, 5) is 17.2. The highest BCUT2D eigenvalue weighted by molar-refractivity contribution is 6.07. The van der Waals surface area contributed by atoms with Gasteiger partial charge in [-0.3, -0.25) is 4.79 Å². The summed E-state index contributed by atoms with van der Waals surface area (Å²) in [6.07, 6.45) is 8.26. The first-order valence-corrected chi connectivity index (χ1v) is 10.7. The Labute approximate surface area is 180 Å². The fourth-order valence-electron chi connectivity index (χ4n) is 4.40. The molecule has 6 nitrogen and oxygen atoms in total. The topological polar surface area (TPSA) is 80.3 Å². The van der Waals surface area contributed by atoms with E-state index < -0.39 is 6.10 Å². The summed E-state index contributed by atoms with van der Waals surface area (Å²) in [5.41, 5.74) is 3.70. The second kappa shape index (κ2) is 8.40. The predicted molar refractivity (Wildman–Crippen MR) is 119 cm³/mol. The van der Waals surface area contributed by atoms with E-state index in [2.05, 4.69) is 14.9 Å². The SMILES string of the molecule is O=C(N[C@H]1CCCC[C@@H]1O)c1cn(Cc2ccc(-c3ncco3)cc2)c2ccccc12. The van der Waals surface area contributed by atoms with Gasteiger partial charge in [-0.25, -0.2) is 4.98 Å². The van der Waals surface area contributed by atoms with Crippen LogP contribution in [0.2, 0.25) is 0 Å². The molecule has 1 aliphatic carbocycles. The van der Waals surface area contributed by atoms with Gasteiger partial charge in [0, 0.05) is 29.2 Å². The van der Waals surface area contributed by atoms with E-state index in [1.54, 1.807) is 12.5 Å². The van der Waals surface area contributed by atoms with Crippen molar-refractivity contribution < 1.29 is 14.3 Å². The lowest BCUT2D eigenvalue weighted by molar-refractivity contribution is 0.0718. The molecular formula is C25H25N3O3. The molecule has 0 aliphatic heterocycles. The number of hydrogen-bond donors (Lipinski definition) is 2. The molecule has 31 heavy (non-hydrogen) atoms. The summed E-state index contributed by atoms with van der Waals surface area (Å²) in [5.74, 6) is 0.474. The van der Waals surface area contributed by atoms with Crippen LogP contribution in [0, 0.1) is 0 Å². The van der Waals surface area contributed by atoms with Crippen LogP contribution in [0.25, 0.3) is 22.4 Å². The minimum atomic E-state index is -0.465. The molecule has 5 rings (SSSR count). The van der Waals surface area contributed by atoms with Crippen molar-refractivity contribution in [2.75, 3.05) is 0 Å². The molecule has 2 aromatic carbocycles. The van der Waals surface area contributed by atoms with Gasteiger partial charge in [0.2, 0.25) is 5.89 Å². The van der Waals surface area contributed by atoms with Gasteiger partial charge in [-0.05, 0) is 36.6 Å². The number of nitrogens with zero attached hydrogens (tertiary/aromatic N) is 2. The van der Waals surface area contributed by atoms with E-state index in [1.807, 2.05) is 54.7 Å². The maximum Gasteiger partial charge on any atom is 0.253 e. The molecule has 2 atom stereocenters. The Kier molecular flexibility index (Phi) is 5.30. The van der Waals surface area contributed by atoms with Gasteiger partial charge in [0.05, 0.1) is 23.9 Å². The van der Waals surface area contributed by atoms with Gasteiger partial charge in [0.25, 0.3) is 5.91 Å². The predicted octanol–water partition coefficient (Wildman–Crippen LogP) is 4.38. The lowest BCUT2D eigenvalue weighted by atomic mass is 9.92. The molecule has 0 bridgehead atoms. The van der Waals surface area contributed by atoms with Crippen LogP contribution >= 0.6 is 0 Å². The number of rotatable bonds is 5. The summed E-state index contributed by atoms with van der Waals surface area (Å²) in [5, 5.41) is 14.2. The van der Waals surface area contributed by atoms with Crippen molar-refractivity contribution in [3.8, 4) is 11.5 Å². The van der Waals surface area contributed by atoms with Crippen LogP contribution in [0.5, 0.6) is 0 Å². The quantitative estimate of drug-likeness (QED) is 0.507. The molecule has 158 valence electrons. The van der Waals surface area contributed by atoms with Crippen molar-refractivity contribution in [3.05, 3.63) is 78.3 Å². The molecule has 4 aromatic rings. The van der Waals surface area contributed by atoms with Gasteiger partial charge in [-0.1, -0.05) is 43.2 Å². The maximum absolute atomic E-state index is 13.1. The fourth-order valence-corrected chi connectivity index (χ4v) is 4.40. The third-order valence-corrected chi connectivity index (χ3v) is 6.07. The summed E-state index contributed by atoms with van der Waals surface area (Å²) < 4.78 is 7.46. The number of aromatic nitrogens is 2. The number of carbonyl (C=O) groups excluding carboxylic acids is 1. The summed E-state index contributed by atoms with van der Waals surface area (Å²) in [7, 11) is 0. The molecule has 0 saturated heterocycles. The van der Waals surface area contributed by atoms with Crippen LogP contribution in [0.3, 0.4) is 0 Å². The Hall–Kier alpha value is -3.38. The number of oxazole rings is 1. The second-order valence-electron chi connectivity index (χ2n) is 8.15. The van der Waals surface area contributed by atoms with Crippen LogP contribution in [0.1, 0.15) is 41.6 Å². The first-order chi connectivity index (χ1) is 15.2. The number of fused-ring (bicyclic) bond motifs is 1. The molecule has 0 unspecified atom stereocenters. The molecular weight excluding hydrogens is 390 g/mol. The maximum atomic E-state index is 13.1. The zero-order chi connectivity index (χ0) is 21.2. The third-order valence-electron chi connectivity index (χ3n) is 6.07. The molecule has 0 radical (unpaired) electrons. The van der Waals surface area contributed by atoms with Crippen LogP contribution in [-0.2, 0) is 6.54 Å². The van der Waals surface area contributed by atoms with E-state index in [9.17, 15) is 9.90 Å². The highest BCUT2D eigenvalue weighted by atomic mass is 16.3. The van der Waals surface area contributed by atoms with Crippen LogP contribution in [0.15, 0.2) is 71.6 Å². The van der Waals surface area contributed by atoms with Crippen molar-refractivity contribution in [1.29, 1.82) is 0 Å². The molecule has 6 heteroatoms. The van der Waals surface area contributed by atoms with Crippen molar-refractivity contribution in [2.45, 2.75) is 44.4 Å². The molecule has 2 aromatic heterocycles. The molecule has 2 heterocycles. The van der Waals surface area contributed by atoms with Crippen molar-refractivity contribution >= 4 is 16.8 Å². The zero-order valence-corrected chi connectivity index (χ0v) is 17.2. The Balaban J connectivity index is 1.40. The first kappa shape index (κ1) is 19.6. The Morgan fingerprint density at radius 3 is 2.71 bits per heavy atom. The minimum Gasteiger partial charge on any atom is -0.445 e. The van der Waals surface area contributed by atoms with Crippen molar-refractivity contribution in [1.82, 2.24) is 14.9 Å². The number of aliphatic hydroxyl groups excluding tert-OH is 1. The Morgan fingerprint density at radius 1 is 1.13 bits per heavy atom. The molecule has 1 fully saturated rings. The average molecular weight is 415 g/mol. The van der Waals surface area contributed by atoms with E-state index >= 15 is 0 Å². The van der Waals surface area contributed by atoms with Gasteiger partial charge in [0.1, 0.15) is 6.26 Å². The van der Waals surface area contributed by atoms with Crippen LogP contribution in [-0.4, -0.2) is 32.7 Å². The van der Waals surface area contributed by atoms with Crippen LogP contribution in [0.4, 0.5) is 0 Å². The van der Waals surface area contributed by atoms with Crippen molar-refractivity contribution in [3.63, 3.8) is 0 Å². The monoisotopic (exact) mass is 415 g/mol. The van der Waals surface area contributed by atoms with Gasteiger partial charge < -0.3 is 19.4 Å². The van der Waals surface area contributed by atoms with Crippen LogP contribution < -0.4 is 5.32 Å². The minimum absolute atomic E-state index is 0.125. The Morgan fingerprint density at radius 2 is 1.94 bits per heavy atom. The highest BCUT2D eigenvalue weighted by Gasteiger charge is 2.26. The number of nitrogens with one attached hydrogen (secondary N) is 1. The molecule has 1 amide bonds. The van der Waals surface area contributed by atoms with Gasteiger partial charge >= 0.3 is 0 Å². The number of amides is 1. The van der Waals surface area contributed by atoms with Gasteiger partial charge in [-0.15, -0.1) is 0 Å². The van der Waals surface area contributed by atoms with E-state index in [4.69, 9.17) is 4.42 Å². The lowest BCUT2D eigenvalue weighted by Gasteiger charge is -2.28. The largest absolute Gasteiger partial charge is 0.445 e. The van der Waals surface area contributed by atoms with E-state index in [0.29, 0.717) is 18.0 Å². The molecule has 2 N–H and O–H groups in total. The number of para-hydroxylation sites is 1. The molecule has 1 aliphatic rings. The summed E-state index contributed by atoms with van der Waals surface area (Å²) >= 11 is 0. The summed E-state index contributed by atoms with van der Waals surface area (Å²) in [6.45, 7) is 0.645. The van der Waals surface area contributed by atoms with Crippen molar-refractivity contribution in [2.24, 2.45) is 0 Å². The standard InChI is InChI=1S/C25H25N3O3/c29-23-8-4-2-6-21(23)27-24(30)20-16-28(22-7-3-1-5-19(20)22)15-17-9-11-18(12-10-17)25-26-13-14-31-25/h1,3,5,7,9-14,16,21,23,29H,2,4,6,8,15H2,(H,27,30)/t21-,23-/m0/s1. The average Bonchev–Trinajstić information content (AvgIpc) is 3.45. The number of aliphatic hydroxyl groups is 1. The van der Waals surface area contributed by atoms with Gasteiger partial charge in [-0.2, -0.15) is 0 Å². The van der Waals surface area contributed by atoms with Gasteiger partial charge in [0.15, 0.2) is 0 Å². The number of carbonyl (C=O) groups is 1. The summed E-state index contributed by atoms with van der Waals surface area (Å²) in [6, 6.07) is 15.8. The lowest BCUT2D eigenvalue weighted by Crippen LogP contribution is -2.45. The molecule has 1 saturated carbocycles. The normalized spacial score (nSPS) is 18.9. The van der Waals surface area contributed by atoms with E-state index in [-0.39, 0.29) is 11.9 Å². The number of hydrogen-bond acceptors (Lipinski definition) is 4. The Bertz CT molecular complexity index is 1180. The highest BCUT2D eigenvalue weighted by Crippen LogP contribution is 2.25. The zero-order valence-electron chi connectivity index (χ0n) is 17.2. The second-order valence-corrected chi connectivity index (χ2v) is 8.15. The smallest absolute Gasteiger partial charge is 0.253 e. The van der Waals surface area contributed by atoms with E-state index in [0.717, 1.165) is 47.7 Å². The van der Waals surface area contributed by atoms with E-state index in [1.165, 1.54) is 0 Å². The fraction of sp³-hybridized carbons (Fsp3) is 0.280. The number of benzene rings is 2. The first-order valence-electron chi connectivity index (χ1n) is 10.7.